The van der Waals surface area contributed by atoms with E-state index in [0.29, 0.717) is 13.1 Å². The summed E-state index contributed by atoms with van der Waals surface area (Å²) in [5.74, 6) is 0.565. The maximum Gasteiger partial charge on any atom is 0.195 e. The van der Waals surface area contributed by atoms with Gasteiger partial charge in [0.15, 0.2) is 11.9 Å². The molecule has 0 fully saturated rings. The molecule has 0 aliphatic heterocycles. The number of nitrogens with two attached hydrogens (primary N) is 2. The van der Waals surface area contributed by atoms with Crippen molar-refractivity contribution in [1.82, 2.24) is 5.32 Å². The van der Waals surface area contributed by atoms with Gasteiger partial charge in [0.1, 0.15) is 0 Å². The van der Waals surface area contributed by atoms with E-state index in [9.17, 15) is 0 Å². The fourth-order valence-corrected chi connectivity index (χ4v) is 1.14. The fraction of sp³-hybridized carbons (Fsp3) is 0.273. The van der Waals surface area contributed by atoms with Crippen LogP contribution in [0.25, 0.3) is 0 Å². The SMILES string of the molecule is CCN=C(N)NC(N)=NCc1ccccc1. The molecule has 0 aliphatic carbocycles. The van der Waals surface area contributed by atoms with E-state index in [4.69, 9.17) is 11.5 Å². The first-order valence-corrected chi connectivity index (χ1v) is 5.13. The van der Waals surface area contributed by atoms with E-state index in [1.165, 1.54) is 0 Å². The minimum absolute atomic E-state index is 0.276. The zero-order valence-electron chi connectivity index (χ0n) is 9.35. The summed E-state index contributed by atoms with van der Waals surface area (Å²) in [7, 11) is 0. The van der Waals surface area contributed by atoms with Gasteiger partial charge in [-0.25, -0.2) is 4.99 Å². The van der Waals surface area contributed by atoms with Crippen molar-refractivity contribution in [1.29, 1.82) is 0 Å². The summed E-state index contributed by atoms with van der Waals surface area (Å²) in [5, 5.41) is 2.71. The van der Waals surface area contributed by atoms with Gasteiger partial charge in [0, 0.05) is 6.54 Å². The van der Waals surface area contributed by atoms with Gasteiger partial charge in [-0.1, -0.05) is 30.3 Å². The highest BCUT2D eigenvalue weighted by Crippen LogP contribution is 1.99. The van der Waals surface area contributed by atoms with Gasteiger partial charge in [0.25, 0.3) is 0 Å². The molecule has 1 aromatic rings. The standard InChI is InChI=1S/C11H17N5/c1-2-14-10(12)16-11(13)15-8-9-6-4-3-5-7-9/h3-7H,2,8H2,1H3,(H5,12,13,14,15,16). The Morgan fingerprint density at radius 1 is 1.12 bits per heavy atom. The van der Waals surface area contributed by atoms with E-state index >= 15 is 0 Å². The fourth-order valence-electron chi connectivity index (χ4n) is 1.14. The number of nitrogens with zero attached hydrogens (tertiary/aromatic N) is 2. The lowest BCUT2D eigenvalue weighted by Gasteiger charge is -2.04. The van der Waals surface area contributed by atoms with Gasteiger partial charge < -0.3 is 11.5 Å². The second-order valence-electron chi connectivity index (χ2n) is 3.17. The molecule has 0 saturated heterocycles. The Kier molecular flexibility index (Phi) is 4.85. The van der Waals surface area contributed by atoms with E-state index in [0.717, 1.165) is 5.56 Å². The summed E-state index contributed by atoms with van der Waals surface area (Å²) in [6.07, 6.45) is 0. The third kappa shape index (κ3) is 4.45. The Morgan fingerprint density at radius 2 is 1.75 bits per heavy atom. The quantitative estimate of drug-likeness (QED) is 0.508. The average Bonchev–Trinajstić information content (AvgIpc) is 2.28. The van der Waals surface area contributed by atoms with Gasteiger partial charge in [-0.05, 0) is 12.5 Å². The largest absolute Gasteiger partial charge is 0.370 e. The third-order valence-corrected chi connectivity index (χ3v) is 1.86. The minimum Gasteiger partial charge on any atom is -0.370 e. The van der Waals surface area contributed by atoms with Crippen LogP contribution in [-0.4, -0.2) is 18.5 Å². The Morgan fingerprint density at radius 3 is 2.38 bits per heavy atom. The molecule has 0 radical (unpaired) electrons. The number of benzene rings is 1. The zero-order valence-corrected chi connectivity index (χ0v) is 9.35. The van der Waals surface area contributed by atoms with Gasteiger partial charge in [0.2, 0.25) is 0 Å². The molecule has 5 N–H and O–H groups in total. The highest BCUT2D eigenvalue weighted by molar-refractivity contribution is 5.96. The Bertz CT molecular complexity index is 369. The molecule has 16 heavy (non-hydrogen) atoms. The first kappa shape index (κ1) is 12.0. The van der Waals surface area contributed by atoms with Crippen LogP contribution in [0.1, 0.15) is 12.5 Å². The second-order valence-corrected chi connectivity index (χ2v) is 3.17. The van der Waals surface area contributed by atoms with Gasteiger partial charge in [-0.3, -0.25) is 10.3 Å². The van der Waals surface area contributed by atoms with Crippen LogP contribution in [0.2, 0.25) is 0 Å². The number of nitrogens with one attached hydrogen (secondary N) is 1. The van der Waals surface area contributed by atoms with Crippen molar-refractivity contribution in [3.8, 4) is 0 Å². The molecule has 0 amide bonds. The maximum absolute atomic E-state index is 5.63. The van der Waals surface area contributed by atoms with Crippen molar-refractivity contribution in [2.45, 2.75) is 13.5 Å². The van der Waals surface area contributed by atoms with E-state index in [2.05, 4.69) is 15.3 Å². The molecule has 0 heterocycles. The van der Waals surface area contributed by atoms with E-state index in [-0.39, 0.29) is 11.9 Å². The van der Waals surface area contributed by atoms with E-state index in [1.54, 1.807) is 0 Å². The third-order valence-electron chi connectivity index (χ3n) is 1.86. The Hall–Kier alpha value is -2.04. The van der Waals surface area contributed by atoms with Crippen LogP contribution >= 0.6 is 0 Å². The van der Waals surface area contributed by atoms with E-state index in [1.807, 2.05) is 37.3 Å². The molecule has 1 aromatic carbocycles. The summed E-state index contributed by atoms with van der Waals surface area (Å²) < 4.78 is 0. The molecule has 0 spiro atoms. The van der Waals surface area contributed by atoms with Crippen LogP contribution in [-0.2, 0) is 6.54 Å². The zero-order chi connectivity index (χ0) is 11.8. The van der Waals surface area contributed by atoms with Crippen molar-refractivity contribution in [2.75, 3.05) is 6.54 Å². The molecule has 0 unspecified atom stereocenters. The molecule has 0 bridgehead atoms. The molecular weight excluding hydrogens is 202 g/mol. The van der Waals surface area contributed by atoms with Gasteiger partial charge in [0.05, 0.1) is 6.54 Å². The number of hydrogen-bond donors (Lipinski definition) is 3. The summed E-state index contributed by atoms with van der Waals surface area (Å²) >= 11 is 0. The van der Waals surface area contributed by atoms with Crippen LogP contribution in [0.15, 0.2) is 40.3 Å². The highest BCUT2D eigenvalue weighted by Gasteiger charge is 1.94. The van der Waals surface area contributed by atoms with Crippen LogP contribution in [0.4, 0.5) is 0 Å². The van der Waals surface area contributed by atoms with Crippen molar-refractivity contribution < 1.29 is 0 Å². The average molecular weight is 219 g/mol. The molecule has 1 rings (SSSR count). The lowest BCUT2D eigenvalue weighted by molar-refractivity contribution is 1.03. The molecule has 0 aromatic heterocycles. The topological polar surface area (TPSA) is 88.8 Å². The molecule has 5 nitrogen and oxygen atoms in total. The molecule has 0 aliphatic rings. The summed E-state index contributed by atoms with van der Waals surface area (Å²) in [6.45, 7) is 3.04. The monoisotopic (exact) mass is 219 g/mol. The number of hydrogen-bond acceptors (Lipinski definition) is 2. The highest BCUT2D eigenvalue weighted by atomic mass is 15.2. The molecule has 5 heteroatoms. The molecular formula is C11H17N5. The van der Waals surface area contributed by atoms with Gasteiger partial charge in [-0.15, -0.1) is 0 Å². The van der Waals surface area contributed by atoms with Gasteiger partial charge >= 0.3 is 0 Å². The Balaban J connectivity index is 2.49. The Labute approximate surface area is 95.3 Å². The molecule has 0 saturated carbocycles. The van der Waals surface area contributed by atoms with Gasteiger partial charge in [-0.2, -0.15) is 0 Å². The predicted octanol–water partition coefficient (Wildman–Crippen LogP) is 0.426. The van der Waals surface area contributed by atoms with Crippen LogP contribution < -0.4 is 16.8 Å². The summed E-state index contributed by atoms with van der Waals surface area (Å²) in [5.41, 5.74) is 12.3. The predicted molar refractivity (Wildman–Crippen MR) is 67.1 cm³/mol. The lowest BCUT2D eigenvalue weighted by Crippen LogP contribution is -2.41. The van der Waals surface area contributed by atoms with Crippen molar-refractivity contribution >= 4 is 11.9 Å². The minimum atomic E-state index is 0.276. The van der Waals surface area contributed by atoms with E-state index < -0.39 is 0 Å². The number of guanidine groups is 2. The lowest BCUT2D eigenvalue weighted by atomic mass is 10.2. The number of aliphatic imine (C=N–C) groups is 2. The van der Waals surface area contributed by atoms with Crippen molar-refractivity contribution in [3.63, 3.8) is 0 Å². The molecule has 86 valence electrons. The number of rotatable bonds is 3. The van der Waals surface area contributed by atoms with Crippen molar-refractivity contribution in [2.24, 2.45) is 21.5 Å². The molecule has 0 atom stereocenters. The smallest absolute Gasteiger partial charge is 0.195 e. The normalized spacial score (nSPS) is 12.6. The van der Waals surface area contributed by atoms with Crippen molar-refractivity contribution in [3.05, 3.63) is 35.9 Å². The first-order valence-electron chi connectivity index (χ1n) is 5.13. The maximum atomic E-state index is 5.63. The van der Waals surface area contributed by atoms with Crippen LogP contribution in [0.3, 0.4) is 0 Å². The summed E-state index contributed by atoms with van der Waals surface area (Å²) in [4.78, 5) is 8.08. The van der Waals surface area contributed by atoms with Crippen LogP contribution in [0.5, 0.6) is 0 Å². The van der Waals surface area contributed by atoms with Crippen LogP contribution in [0, 0.1) is 0 Å². The summed E-state index contributed by atoms with van der Waals surface area (Å²) in [6, 6.07) is 9.85. The first-order chi connectivity index (χ1) is 7.72. The second kappa shape index (κ2) is 6.44.